The van der Waals surface area contributed by atoms with Crippen LogP contribution in [0.15, 0.2) is 23.2 Å². The van der Waals surface area contributed by atoms with E-state index < -0.39 is 0 Å². The van der Waals surface area contributed by atoms with Crippen molar-refractivity contribution in [2.75, 3.05) is 18.4 Å². The summed E-state index contributed by atoms with van der Waals surface area (Å²) in [4.78, 5) is 20.7. The van der Waals surface area contributed by atoms with Gasteiger partial charge in [-0.2, -0.15) is 0 Å². The van der Waals surface area contributed by atoms with Gasteiger partial charge in [0.15, 0.2) is 5.96 Å². The average Bonchev–Trinajstić information content (AvgIpc) is 3.00. The first-order chi connectivity index (χ1) is 11.2. The second-order valence-electron chi connectivity index (χ2n) is 5.85. The first kappa shape index (κ1) is 17.2. The number of anilines is 1. The number of nitrogens with one attached hydrogen (secondary N) is 3. The third kappa shape index (κ3) is 6.26. The Labute approximate surface area is 138 Å². The van der Waals surface area contributed by atoms with Gasteiger partial charge in [-0.05, 0) is 38.8 Å². The summed E-state index contributed by atoms with van der Waals surface area (Å²) in [6, 6.07) is 6.08. The number of pyridine rings is 1. The van der Waals surface area contributed by atoms with E-state index in [-0.39, 0.29) is 5.91 Å². The minimum Gasteiger partial charge on any atom is -0.357 e. The minimum atomic E-state index is -0.0661. The summed E-state index contributed by atoms with van der Waals surface area (Å²) < 4.78 is 0. The lowest BCUT2D eigenvalue weighted by Gasteiger charge is -2.16. The fourth-order valence-corrected chi connectivity index (χ4v) is 2.67. The Hall–Kier alpha value is -2.11. The lowest BCUT2D eigenvalue weighted by Crippen LogP contribution is -2.42. The van der Waals surface area contributed by atoms with Crippen molar-refractivity contribution in [3.05, 3.63) is 23.9 Å². The zero-order valence-electron chi connectivity index (χ0n) is 14.1. The molecule has 3 N–H and O–H groups in total. The van der Waals surface area contributed by atoms with Gasteiger partial charge < -0.3 is 16.0 Å². The highest BCUT2D eigenvalue weighted by atomic mass is 16.1. The number of carbonyl (C=O) groups is 1. The van der Waals surface area contributed by atoms with Gasteiger partial charge in [-0.15, -0.1) is 0 Å². The number of aliphatic imine (C=N–C) groups is 1. The molecular weight excluding hydrogens is 290 g/mol. The molecule has 0 unspecified atom stereocenters. The van der Waals surface area contributed by atoms with Crippen molar-refractivity contribution in [2.24, 2.45) is 4.99 Å². The molecule has 0 bridgehead atoms. The molecule has 0 radical (unpaired) electrons. The Morgan fingerprint density at radius 3 is 2.83 bits per heavy atom. The molecule has 6 heteroatoms. The van der Waals surface area contributed by atoms with Crippen LogP contribution in [0.2, 0.25) is 0 Å². The molecule has 1 saturated carbocycles. The molecule has 1 fully saturated rings. The van der Waals surface area contributed by atoms with Crippen LogP contribution in [0, 0.1) is 6.92 Å². The maximum Gasteiger partial charge on any atom is 0.227 e. The molecule has 23 heavy (non-hydrogen) atoms. The fraction of sp³-hybridized carbons (Fsp3) is 0.588. The van der Waals surface area contributed by atoms with Crippen LogP contribution in [0.3, 0.4) is 0 Å². The molecule has 1 heterocycles. The van der Waals surface area contributed by atoms with Crippen LogP contribution < -0.4 is 16.0 Å². The molecule has 1 aliphatic rings. The number of aromatic nitrogens is 1. The van der Waals surface area contributed by atoms with E-state index in [1.807, 2.05) is 26.0 Å². The van der Waals surface area contributed by atoms with Crippen molar-refractivity contribution in [1.29, 1.82) is 0 Å². The molecule has 2 rings (SSSR count). The molecule has 1 aromatic heterocycles. The molecule has 0 aliphatic heterocycles. The van der Waals surface area contributed by atoms with Crippen LogP contribution in [0.25, 0.3) is 0 Å². The van der Waals surface area contributed by atoms with Gasteiger partial charge in [0.2, 0.25) is 5.91 Å². The SMILES string of the molecule is CCNC(=NCCC(=O)Nc1cccc(C)n1)NC1CCCC1. The summed E-state index contributed by atoms with van der Waals surface area (Å²) in [5.41, 5.74) is 0.885. The van der Waals surface area contributed by atoms with Gasteiger partial charge in [0, 0.05) is 24.7 Å². The van der Waals surface area contributed by atoms with Gasteiger partial charge in [0.25, 0.3) is 0 Å². The lowest BCUT2D eigenvalue weighted by molar-refractivity contribution is -0.116. The van der Waals surface area contributed by atoms with Crippen molar-refractivity contribution in [3.8, 4) is 0 Å². The van der Waals surface area contributed by atoms with E-state index in [0.717, 1.165) is 18.2 Å². The molecule has 1 amide bonds. The molecule has 6 nitrogen and oxygen atoms in total. The van der Waals surface area contributed by atoms with E-state index in [2.05, 4.69) is 25.9 Å². The highest BCUT2D eigenvalue weighted by Crippen LogP contribution is 2.17. The molecular formula is C17H27N5O. The molecule has 1 aromatic rings. The van der Waals surface area contributed by atoms with Crippen LogP contribution >= 0.6 is 0 Å². The number of amides is 1. The summed E-state index contributed by atoms with van der Waals surface area (Å²) >= 11 is 0. The first-order valence-corrected chi connectivity index (χ1v) is 8.45. The standard InChI is InChI=1S/C17H27N5O/c1-3-18-17(21-14-8-4-5-9-14)19-12-11-16(23)22-15-10-6-7-13(2)20-15/h6-7,10,14H,3-5,8-9,11-12H2,1-2H3,(H2,18,19,21)(H,20,22,23). The molecule has 0 aromatic carbocycles. The maximum absolute atomic E-state index is 11.9. The van der Waals surface area contributed by atoms with Gasteiger partial charge in [-0.3, -0.25) is 9.79 Å². The molecule has 1 aliphatic carbocycles. The lowest BCUT2D eigenvalue weighted by atomic mass is 10.2. The van der Waals surface area contributed by atoms with Gasteiger partial charge in [-0.25, -0.2) is 4.98 Å². The maximum atomic E-state index is 11.9. The minimum absolute atomic E-state index is 0.0661. The number of guanidine groups is 1. The normalized spacial score (nSPS) is 15.5. The van der Waals surface area contributed by atoms with Crippen molar-refractivity contribution in [2.45, 2.75) is 52.0 Å². The fourth-order valence-electron chi connectivity index (χ4n) is 2.67. The number of hydrogen-bond acceptors (Lipinski definition) is 3. The van der Waals surface area contributed by atoms with E-state index >= 15 is 0 Å². The van der Waals surface area contributed by atoms with Crippen molar-refractivity contribution >= 4 is 17.7 Å². The highest BCUT2D eigenvalue weighted by molar-refractivity contribution is 5.90. The first-order valence-electron chi connectivity index (χ1n) is 8.45. The van der Waals surface area contributed by atoms with Gasteiger partial charge in [0.1, 0.15) is 5.82 Å². The van der Waals surface area contributed by atoms with Gasteiger partial charge in [0.05, 0.1) is 6.54 Å². The second-order valence-corrected chi connectivity index (χ2v) is 5.85. The van der Waals surface area contributed by atoms with E-state index in [1.165, 1.54) is 25.7 Å². The number of rotatable bonds is 6. The monoisotopic (exact) mass is 317 g/mol. The van der Waals surface area contributed by atoms with E-state index in [0.29, 0.717) is 24.8 Å². The summed E-state index contributed by atoms with van der Waals surface area (Å²) in [5.74, 6) is 1.33. The Balaban J connectivity index is 1.78. The van der Waals surface area contributed by atoms with Crippen LogP contribution in [-0.2, 0) is 4.79 Å². The Bertz CT molecular complexity index is 538. The van der Waals surface area contributed by atoms with Crippen LogP contribution in [-0.4, -0.2) is 36.0 Å². The van der Waals surface area contributed by atoms with Gasteiger partial charge in [-0.1, -0.05) is 18.9 Å². The van der Waals surface area contributed by atoms with Crippen LogP contribution in [0.4, 0.5) is 5.82 Å². The number of aryl methyl sites for hydroxylation is 1. The molecule has 0 atom stereocenters. The summed E-state index contributed by atoms with van der Waals surface area (Å²) in [7, 11) is 0. The number of carbonyl (C=O) groups excluding carboxylic acids is 1. The van der Waals surface area contributed by atoms with Crippen LogP contribution in [0.5, 0.6) is 0 Å². The second kappa shape index (κ2) is 9.12. The van der Waals surface area contributed by atoms with E-state index in [4.69, 9.17) is 0 Å². The summed E-state index contributed by atoms with van der Waals surface area (Å²) in [5, 5.41) is 9.48. The van der Waals surface area contributed by atoms with Gasteiger partial charge >= 0.3 is 0 Å². The van der Waals surface area contributed by atoms with Crippen LogP contribution in [0.1, 0.15) is 44.7 Å². The summed E-state index contributed by atoms with van der Waals surface area (Å²) in [6.07, 6.45) is 5.30. The number of hydrogen-bond donors (Lipinski definition) is 3. The number of nitrogens with zero attached hydrogens (tertiary/aromatic N) is 2. The predicted molar refractivity (Wildman–Crippen MR) is 93.6 cm³/mol. The van der Waals surface area contributed by atoms with Crippen molar-refractivity contribution in [3.63, 3.8) is 0 Å². The molecule has 0 spiro atoms. The molecule has 0 saturated heterocycles. The third-order valence-electron chi connectivity index (χ3n) is 3.80. The Morgan fingerprint density at radius 2 is 2.13 bits per heavy atom. The van der Waals surface area contributed by atoms with E-state index in [9.17, 15) is 4.79 Å². The third-order valence-corrected chi connectivity index (χ3v) is 3.80. The quantitative estimate of drug-likeness (QED) is 0.555. The highest BCUT2D eigenvalue weighted by Gasteiger charge is 2.15. The van der Waals surface area contributed by atoms with E-state index in [1.54, 1.807) is 6.07 Å². The largest absolute Gasteiger partial charge is 0.357 e. The Morgan fingerprint density at radius 1 is 1.35 bits per heavy atom. The zero-order valence-corrected chi connectivity index (χ0v) is 14.1. The predicted octanol–water partition coefficient (Wildman–Crippen LogP) is 2.22. The zero-order chi connectivity index (χ0) is 16.5. The smallest absolute Gasteiger partial charge is 0.227 e. The van der Waals surface area contributed by atoms with Crippen molar-refractivity contribution in [1.82, 2.24) is 15.6 Å². The Kier molecular flexibility index (Phi) is 6.84. The van der Waals surface area contributed by atoms with Crippen molar-refractivity contribution < 1.29 is 4.79 Å². The molecule has 126 valence electrons. The summed E-state index contributed by atoms with van der Waals surface area (Å²) in [6.45, 7) is 5.22. The topological polar surface area (TPSA) is 78.4 Å². The average molecular weight is 317 g/mol.